The van der Waals surface area contributed by atoms with E-state index in [1.165, 1.54) is 11.3 Å². The maximum atomic E-state index is 4.22. The number of aromatic nitrogens is 2. The van der Waals surface area contributed by atoms with Gasteiger partial charge in [-0.05, 0) is 24.6 Å². The van der Waals surface area contributed by atoms with Crippen LogP contribution in [0, 0.1) is 6.92 Å². The summed E-state index contributed by atoms with van der Waals surface area (Å²) < 4.78 is 0. The highest BCUT2D eigenvalue weighted by Gasteiger charge is 2.18. The predicted octanol–water partition coefficient (Wildman–Crippen LogP) is 2.21. The number of benzene rings is 1. The summed E-state index contributed by atoms with van der Waals surface area (Å²) in [4.78, 5) is 4.91. The van der Waals surface area contributed by atoms with Crippen molar-refractivity contribution in [1.29, 1.82) is 0 Å². The highest BCUT2D eigenvalue weighted by atomic mass is 32.1. The molecular formula is C15H21N5S. The van der Waals surface area contributed by atoms with E-state index in [0.29, 0.717) is 0 Å². The number of hydrogen-bond acceptors (Lipinski definition) is 6. The smallest absolute Gasteiger partial charge is 0.205 e. The standard InChI is InChI=1S/C15H21N5S/c1-12-4-3-5-13(10-12)20-8-6-19(7-9-20)11-14-17-18-15(16-2)21-14/h3-5,10H,6-9,11H2,1-2H3,(H,16,18). The van der Waals surface area contributed by atoms with Gasteiger partial charge in [-0.2, -0.15) is 0 Å². The van der Waals surface area contributed by atoms with E-state index in [1.807, 2.05) is 7.05 Å². The van der Waals surface area contributed by atoms with Crippen LogP contribution in [0.15, 0.2) is 24.3 Å². The highest BCUT2D eigenvalue weighted by Crippen LogP contribution is 2.20. The number of nitrogens with zero attached hydrogens (tertiary/aromatic N) is 4. The van der Waals surface area contributed by atoms with Gasteiger partial charge in [0.05, 0.1) is 6.54 Å². The van der Waals surface area contributed by atoms with E-state index in [1.54, 1.807) is 11.3 Å². The summed E-state index contributed by atoms with van der Waals surface area (Å²) in [7, 11) is 1.88. The molecule has 0 aliphatic carbocycles. The molecule has 1 aliphatic rings. The van der Waals surface area contributed by atoms with Crippen LogP contribution in [0.2, 0.25) is 0 Å². The fourth-order valence-electron chi connectivity index (χ4n) is 2.60. The van der Waals surface area contributed by atoms with Gasteiger partial charge in [-0.25, -0.2) is 0 Å². The average molecular weight is 303 g/mol. The third kappa shape index (κ3) is 3.51. The lowest BCUT2D eigenvalue weighted by molar-refractivity contribution is 0.249. The van der Waals surface area contributed by atoms with Crippen molar-refractivity contribution < 1.29 is 0 Å². The second-order valence-electron chi connectivity index (χ2n) is 5.35. The minimum absolute atomic E-state index is 0.892. The molecule has 0 atom stereocenters. The van der Waals surface area contributed by atoms with Gasteiger partial charge < -0.3 is 10.2 Å². The van der Waals surface area contributed by atoms with Gasteiger partial charge >= 0.3 is 0 Å². The Morgan fingerprint density at radius 2 is 2.00 bits per heavy atom. The van der Waals surface area contributed by atoms with E-state index in [-0.39, 0.29) is 0 Å². The fraction of sp³-hybridized carbons (Fsp3) is 0.467. The van der Waals surface area contributed by atoms with Crippen LogP contribution < -0.4 is 10.2 Å². The Morgan fingerprint density at radius 3 is 2.67 bits per heavy atom. The highest BCUT2D eigenvalue weighted by molar-refractivity contribution is 7.15. The largest absolute Gasteiger partial charge is 0.369 e. The molecule has 0 radical (unpaired) electrons. The lowest BCUT2D eigenvalue weighted by atomic mass is 10.2. The molecule has 1 aromatic heterocycles. The molecule has 2 heterocycles. The molecule has 21 heavy (non-hydrogen) atoms. The van der Waals surface area contributed by atoms with Gasteiger partial charge in [0, 0.05) is 38.9 Å². The number of aryl methyl sites for hydroxylation is 1. The molecule has 1 N–H and O–H groups in total. The predicted molar refractivity (Wildman–Crippen MR) is 88.1 cm³/mol. The first-order valence-corrected chi connectivity index (χ1v) is 8.10. The van der Waals surface area contributed by atoms with Gasteiger partial charge in [0.1, 0.15) is 5.01 Å². The summed E-state index contributed by atoms with van der Waals surface area (Å²) in [5.41, 5.74) is 2.66. The third-order valence-electron chi connectivity index (χ3n) is 3.78. The van der Waals surface area contributed by atoms with E-state index in [4.69, 9.17) is 0 Å². The van der Waals surface area contributed by atoms with Gasteiger partial charge in [0.25, 0.3) is 0 Å². The minimum Gasteiger partial charge on any atom is -0.369 e. The quantitative estimate of drug-likeness (QED) is 0.938. The lowest BCUT2D eigenvalue weighted by Crippen LogP contribution is -2.45. The molecule has 2 aromatic rings. The number of rotatable bonds is 4. The first-order valence-electron chi connectivity index (χ1n) is 7.29. The van der Waals surface area contributed by atoms with E-state index in [2.05, 4.69) is 56.5 Å². The Kier molecular flexibility index (Phi) is 4.36. The summed E-state index contributed by atoms with van der Waals surface area (Å²) in [5.74, 6) is 0. The summed E-state index contributed by atoms with van der Waals surface area (Å²) in [5, 5.41) is 13.3. The first kappa shape index (κ1) is 14.3. The fourth-order valence-corrected chi connectivity index (χ4v) is 3.33. The van der Waals surface area contributed by atoms with Crippen LogP contribution in [-0.4, -0.2) is 48.3 Å². The normalized spacial score (nSPS) is 16.2. The van der Waals surface area contributed by atoms with Crippen molar-refractivity contribution >= 4 is 22.2 Å². The summed E-state index contributed by atoms with van der Waals surface area (Å²) in [6, 6.07) is 8.75. The van der Waals surface area contributed by atoms with Crippen LogP contribution in [0.25, 0.3) is 0 Å². The number of piperazine rings is 1. The molecule has 112 valence electrons. The van der Waals surface area contributed by atoms with Crippen LogP contribution in [0.3, 0.4) is 0 Å². The van der Waals surface area contributed by atoms with Crippen molar-refractivity contribution in [2.75, 3.05) is 43.4 Å². The van der Waals surface area contributed by atoms with E-state index in [9.17, 15) is 0 Å². The van der Waals surface area contributed by atoms with Gasteiger partial charge in [0.2, 0.25) is 5.13 Å². The molecule has 0 unspecified atom stereocenters. The number of anilines is 2. The molecule has 0 amide bonds. The summed E-state index contributed by atoms with van der Waals surface area (Å²) in [6.07, 6.45) is 0. The Bertz CT molecular complexity index is 589. The monoisotopic (exact) mass is 303 g/mol. The summed E-state index contributed by atoms with van der Waals surface area (Å²) >= 11 is 1.64. The van der Waals surface area contributed by atoms with E-state index in [0.717, 1.165) is 42.9 Å². The summed E-state index contributed by atoms with van der Waals surface area (Å²) in [6.45, 7) is 7.34. The SMILES string of the molecule is CNc1nnc(CN2CCN(c3cccc(C)c3)CC2)s1. The van der Waals surface area contributed by atoms with Gasteiger partial charge in [-0.1, -0.05) is 23.5 Å². The topological polar surface area (TPSA) is 44.3 Å². The van der Waals surface area contributed by atoms with Crippen LogP contribution in [0.5, 0.6) is 0 Å². The first-order chi connectivity index (χ1) is 10.2. The zero-order valence-electron chi connectivity index (χ0n) is 12.5. The number of hydrogen-bond donors (Lipinski definition) is 1. The van der Waals surface area contributed by atoms with Crippen molar-refractivity contribution in [3.63, 3.8) is 0 Å². The molecule has 0 saturated carbocycles. The molecular weight excluding hydrogens is 282 g/mol. The third-order valence-corrected chi connectivity index (χ3v) is 4.70. The molecule has 0 bridgehead atoms. The maximum absolute atomic E-state index is 4.22. The van der Waals surface area contributed by atoms with Crippen LogP contribution in [0.4, 0.5) is 10.8 Å². The Morgan fingerprint density at radius 1 is 1.19 bits per heavy atom. The Labute approximate surface area is 129 Å². The molecule has 1 aliphatic heterocycles. The second kappa shape index (κ2) is 6.41. The molecule has 5 nitrogen and oxygen atoms in total. The Hall–Kier alpha value is -1.66. The zero-order chi connectivity index (χ0) is 14.7. The van der Waals surface area contributed by atoms with Crippen molar-refractivity contribution in [2.45, 2.75) is 13.5 Å². The second-order valence-corrected chi connectivity index (χ2v) is 6.42. The van der Waals surface area contributed by atoms with Gasteiger partial charge in [-0.15, -0.1) is 10.2 Å². The van der Waals surface area contributed by atoms with Crippen molar-refractivity contribution in [2.24, 2.45) is 0 Å². The van der Waals surface area contributed by atoms with Crippen molar-refractivity contribution in [3.05, 3.63) is 34.8 Å². The lowest BCUT2D eigenvalue weighted by Gasteiger charge is -2.35. The van der Waals surface area contributed by atoms with Crippen LogP contribution >= 0.6 is 11.3 Å². The minimum atomic E-state index is 0.892. The van der Waals surface area contributed by atoms with E-state index >= 15 is 0 Å². The Balaban J connectivity index is 1.55. The van der Waals surface area contributed by atoms with Crippen LogP contribution in [0.1, 0.15) is 10.6 Å². The van der Waals surface area contributed by atoms with Gasteiger partial charge in [0.15, 0.2) is 0 Å². The van der Waals surface area contributed by atoms with Gasteiger partial charge in [-0.3, -0.25) is 4.90 Å². The molecule has 0 spiro atoms. The average Bonchev–Trinajstić information content (AvgIpc) is 2.96. The molecule has 6 heteroatoms. The molecule has 1 fully saturated rings. The molecule has 1 saturated heterocycles. The van der Waals surface area contributed by atoms with Crippen molar-refractivity contribution in [1.82, 2.24) is 15.1 Å². The van der Waals surface area contributed by atoms with E-state index < -0.39 is 0 Å². The zero-order valence-corrected chi connectivity index (χ0v) is 13.4. The van der Waals surface area contributed by atoms with Crippen molar-refractivity contribution in [3.8, 4) is 0 Å². The molecule has 3 rings (SSSR count). The maximum Gasteiger partial charge on any atom is 0.205 e. The van der Waals surface area contributed by atoms with Crippen LogP contribution in [-0.2, 0) is 6.54 Å². The molecule has 1 aromatic carbocycles. The number of nitrogens with one attached hydrogen (secondary N) is 1.